The van der Waals surface area contributed by atoms with Gasteiger partial charge in [-0.3, -0.25) is 4.90 Å². The summed E-state index contributed by atoms with van der Waals surface area (Å²) in [4.78, 5) is 12.3. The minimum Gasteiger partial charge on any atom is -0.471 e. The Morgan fingerprint density at radius 2 is 2.45 bits per heavy atom. The Morgan fingerprint density at radius 3 is 3.18 bits per heavy atom. The van der Waals surface area contributed by atoms with E-state index in [2.05, 4.69) is 4.74 Å². The van der Waals surface area contributed by atoms with Gasteiger partial charge in [0.2, 0.25) is 0 Å². The number of amides is 1. The van der Waals surface area contributed by atoms with Crippen LogP contribution in [0.5, 0.6) is 0 Å². The van der Waals surface area contributed by atoms with E-state index in [0.717, 1.165) is 0 Å². The molecule has 0 aromatic heterocycles. The lowest BCUT2D eigenvalue weighted by atomic mass is 10.5. The molecule has 0 aromatic rings. The molecule has 0 atom stereocenters. The van der Waals surface area contributed by atoms with Crippen molar-refractivity contribution in [3.05, 3.63) is 24.8 Å². The highest BCUT2D eigenvalue weighted by Gasteiger charge is 2.08. The number of carbonyl (C=O) groups is 1. The van der Waals surface area contributed by atoms with Gasteiger partial charge in [0.05, 0.1) is 19.9 Å². The largest absolute Gasteiger partial charge is 0.471 e. The Morgan fingerprint density at radius 1 is 1.64 bits per heavy atom. The van der Waals surface area contributed by atoms with Crippen molar-refractivity contribution in [2.24, 2.45) is 0 Å². The molecule has 11 heavy (non-hydrogen) atoms. The zero-order valence-electron chi connectivity index (χ0n) is 6.19. The third kappa shape index (κ3) is 2.00. The Kier molecular flexibility index (Phi) is 2.54. The highest BCUT2D eigenvalue weighted by Crippen LogP contribution is 1.99. The fourth-order valence-corrected chi connectivity index (χ4v) is 0.680. The van der Waals surface area contributed by atoms with Crippen LogP contribution < -0.4 is 0 Å². The molecule has 1 aliphatic heterocycles. The number of rotatable bonds is 0. The third-order valence-corrected chi connectivity index (χ3v) is 1.21. The lowest BCUT2D eigenvalue weighted by molar-refractivity contribution is 0.143. The molecule has 0 unspecified atom stereocenters. The van der Waals surface area contributed by atoms with E-state index in [-0.39, 0.29) is 0 Å². The molecule has 1 amide bonds. The first kappa shape index (κ1) is 7.65. The van der Waals surface area contributed by atoms with E-state index in [1.54, 1.807) is 6.08 Å². The predicted octanol–water partition coefficient (Wildman–Crippen LogP) is 1.07. The van der Waals surface area contributed by atoms with Gasteiger partial charge < -0.3 is 9.47 Å². The summed E-state index contributed by atoms with van der Waals surface area (Å²) >= 11 is 0. The van der Waals surface area contributed by atoms with Gasteiger partial charge in [0.25, 0.3) is 0 Å². The van der Waals surface area contributed by atoms with Gasteiger partial charge in [-0.25, -0.2) is 4.79 Å². The minimum atomic E-state index is -0.392. The number of ether oxygens (including phenoxy) is 2. The molecular weight excluding hydrogens is 146 g/mol. The molecule has 0 spiro atoms. The van der Waals surface area contributed by atoms with Crippen LogP contribution in [0.15, 0.2) is 24.8 Å². The number of carbonyl (C=O) groups excluding carboxylic acids is 1. The number of hydrogen-bond donors (Lipinski definition) is 0. The van der Waals surface area contributed by atoms with Gasteiger partial charge in [0.15, 0.2) is 0 Å². The van der Waals surface area contributed by atoms with Crippen molar-refractivity contribution < 1.29 is 14.3 Å². The number of methoxy groups -OCH3 is 1. The summed E-state index contributed by atoms with van der Waals surface area (Å²) in [6.45, 7) is 0.475. The van der Waals surface area contributed by atoms with E-state index < -0.39 is 6.09 Å². The van der Waals surface area contributed by atoms with E-state index in [0.29, 0.717) is 6.54 Å². The molecular formula is C7H9NO3. The second-order valence-corrected chi connectivity index (χ2v) is 1.92. The van der Waals surface area contributed by atoms with Crippen molar-refractivity contribution in [2.75, 3.05) is 13.7 Å². The second-order valence-electron chi connectivity index (χ2n) is 1.92. The average Bonchev–Trinajstić information content (AvgIpc) is 2.30. The molecule has 0 fully saturated rings. The molecule has 1 heterocycles. The molecule has 0 radical (unpaired) electrons. The maximum atomic E-state index is 10.9. The number of hydrogen-bond acceptors (Lipinski definition) is 3. The Labute approximate surface area is 64.7 Å². The summed E-state index contributed by atoms with van der Waals surface area (Å²) in [5.41, 5.74) is 0. The van der Waals surface area contributed by atoms with Crippen LogP contribution in [-0.4, -0.2) is 24.6 Å². The summed E-state index contributed by atoms with van der Waals surface area (Å²) in [5, 5.41) is 0. The molecule has 4 nitrogen and oxygen atoms in total. The third-order valence-electron chi connectivity index (χ3n) is 1.21. The summed E-state index contributed by atoms with van der Waals surface area (Å²) in [6.07, 6.45) is 5.78. The van der Waals surface area contributed by atoms with Crippen molar-refractivity contribution in [1.82, 2.24) is 4.90 Å². The number of nitrogens with zero attached hydrogens (tertiary/aromatic N) is 1. The Hall–Kier alpha value is -1.45. The molecule has 0 aromatic carbocycles. The zero-order valence-corrected chi connectivity index (χ0v) is 6.19. The van der Waals surface area contributed by atoms with Crippen molar-refractivity contribution in [1.29, 1.82) is 0 Å². The minimum absolute atomic E-state index is 0.392. The van der Waals surface area contributed by atoms with Crippen molar-refractivity contribution in [3.8, 4) is 0 Å². The molecule has 1 aliphatic rings. The molecule has 60 valence electrons. The van der Waals surface area contributed by atoms with E-state index >= 15 is 0 Å². The monoisotopic (exact) mass is 155 g/mol. The standard InChI is InChI=1S/C7H9NO3/c1-10-7(9)8-3-2-5-11-6-4-8/h2,4-6H,3H2,1H3. The first-order valence-corrected chi connectivity index (χ1v) is 3.16. The lowest BCUT2D eigenvalue weighted by Crippen LogP contribution is -2.24. The van der Waals surface area contributed by atoms with Crippen LogP contribution in [-0.2, 0) is 9.47 Å². The quantitative estimate of drug-likeness (QED) is 0.525. The lowest BCUT2D eigenvalue weighted by Gasteiger charge is -2.11. The van der Waals surface area contributed by atoms with Crippen LogP contribution in [0.1, 0.15) is 0 Å². The molecule has 1 rings (SSSR count). The van der Waals surface area contributed by atoms with Crippen LogP contribution in [0.3, 0.4) is 0 Å². The molecule has 0 bridgehead atoms. The highest BCUT2D eigenvalue weighted by molar-refractivity contribution is 5.68. The topological polar surface area (TPSA) is 38.8 Å². The average molecular weight is 155 g/mol. The van der Waals surface area contributed by atoms with Gasteiger partial charge in [-0.2, -0.15) is 0 Å². The Bertz CT molecular complexity index is 198. The van der Waals surface area contributed by atoms with E-state index in [9.17, 15) is 4.79 Å². The fourth-order valence-electron chi connectivity index (χ4n) is 0.680. The van der Waals surface area contributed by atoms with Crippen LogP contribution in [0.4, 0.5) is 4.79 Å². The van der Waals surface area contributed by atoms with Crippen molar-refractivity contribution >= 4 is 6.09 Å². The zero-order chi connectivity index (χ0) is 8.10. The first-order valence-electron chi connectivity index (χ1n) is 3.16. The highest BCUT2D eigenvalue weighted by atomic mass is 16.5. The van der Waals surface area contributed by atoms with E-state index in [1.807, 2.05) is 0 Å². The maximum absolute atomic E-state index is 10.9. The van der Waals surface area contributed by atoms with Crippen LogP contribution >= 0.6 is 0 Å². The Balaban J connectivity index is 2.56. The molecule has 0 aliphatic carbocycles. The van der Waals surface area contributed by atoms with Crippen molar-refractivity contribution in [3.63, 3.8) is 0 Å². The van der Waals surface area contributed by atoms with Gasteiger partial charge in [-0.15, -0.1) is 0 Å². The second kappa shape index (κ2) is 3.65. The van der Waals surface area contributed by atoms with Crippen LogP contribution in [0, 0.1) is 0 Å². The molecule has 0 saturated heterocycles. The van der Waals surface area contributed by atoms with Crippen LogP contribution in [0.25, 0.3) is 0 Å². The van der Waals surface area contributed by atoms with Crippen molar-refractivity contribution in [2.45, 2.75) is 0 Å². The predicted molar refractivity (Wildman–Crippen MR) is 38.5 cm³/mol. The smallest absolute Gasteiger partial charge is 0.413 e. The SMILES string of the molecule is COC(=O)N1C=COC=CC1. The van der Waals surface area contributed by atoms with E-state index in [4.69, 9.17) is 4.74 Å². The van der Waals surface area contributed by atoms with Crippen LogP contribution in [0.2, 0.25) is 0 Å². The van der Waals surface area contributed by atoms with Gasteiger partial charge in [0, 0.05) is 6.20 Å². The molecule has 4 heteroatoms. The summed E-state index contributed by atoms with van der Waals surface area (Å²) < 4.78 is 9.30. The summed E-state index contributed by atoms with van der Waals surface area (Å²) in [5.74, 6) is 0. The van der Waals surface area contributed by atoms with Gasteiger partial charge >= 0.3 is 6.09 Å². The first-order chi connectivity index (χ1) is 5.34. The molecule has 0 N–H and O–H groups in total. The summed E-state index contributed by atoms with van der Waals surface area (Å²) in [6, 6.07) is 0. The summed E-state index contributed by atoms with van der Waals surface area (Å²) in [7, 11) is 1.34. The maximum Gasteiger partial charge on any atom is 0.413 e. The van der Waals surface area contributed by atoms with E-state index in [1.165, 1.54) is 30.7 Å². The fraction of sp³-hybridized carbons (Fsp3) is 0.286. The molecule has 0 saturated carbocycles. The van der Waals surface area contributed by atoms with Gasteiger partial charge in [-0.1, -0.05) is 0 Å². The normalized spacial score (nSPS) is 15.5. The van der Waals surface area contributed by atoms with Gasteiger partial charge in [0.1, 0.15) is 6.26 Å². The van der Waals surface area contributed by atoms with Gasteiger partial charge in [-0.05, 0) is 6.08 Å².